The molecule has 2 aromatic carbocycles. The molecule has 1 aliphatic heterocycles. The van der Waals surface area contributed by atoms with E-state index in [-0.39, 0.29) is 17.8 Å². The van der Waals surface area contributed by atoms with Crippen molar-refractivity contribution in [2.24, 2.45) is 0 Å². The second-order valence-electron chi connectivity index (χ2n) is 9.16. The van der Waals surface area contributed by atoms with Crippen molar-refractivity contribution in [2.75, 3.05) is 30.4 Å². The molecule has 0 radical (unpaired) electrons. The number of anilines is 2. The van der Waals surface area contributed by atoms with Crippen molar-refractivity contribution in [1.82, 2.24) is 19.6 Å². The first-order valence-corrected chi connectivity index (χ1v) is 11.9. The maximum Gasteiger partial charge on any atom is 0.276 e. The third-order valence-electron chi connectivity index (χ3n) is 6.47. The van der Waals surface area contributed by atoms with Gasteiger partial charge in [0.05, 0.1) is 29.2 Å². The highest BCUT2D eigenvalue weighted by Gasteiger charge is 2.28. The van der Waals surface area contributed by atoms with Gasteiger partial charge in [-0.1, -0.05) is 6.07 Å². The predicted molar refractivity (Wildman–Crippen MR) is 135 cm³/mol. The number of amides is 1. The lowest BCUT2D eigenvalue weighted by atomic mass is 10.1. The fourth-order valence-corrected chi connectivity index (χ4v) is 4.65. The number of aromatic nitrogens is 4. The van der Waals surface area contributed by atoms with Crippen LogP contribution in [0.25, 0.3) is 16.6 Å². The zero-order chi connectivity index (χ0) is 26.3. The third kappa shape index (κ3) is 4.46. The van der Waals surface area contributed by atoms with Crippen LogP contribution in [0.1, 0.15) is 36.8 Å². The van der Waals surface area contributed by atoms with Gasteiger partial charge in [-0.3, -0.25) is 14.3 Å². The minimum atomic E-state index is -0.969. The molecule has 0 saturated carbocycles. The van der Waals surface area contributed by atoms with E-state index in [1.54, 1.807) is 19.4 Å². The van der Waals surface area contributed by atoms with Crippen LogP contribution in [-0.4, -0.2) is 51.8 Å². The van der Waals surface area contributed by atoms with Gasteiger partial charge in [0, 0.05) is 37.7 Å². The number of halogens is 2. The number of para-hydroxylation sites is 1. The van der Waals surface area contributed by atoms with Crippen LogP contribution in [0.5, 0.6) is 0 Å². The number of carbonyl (C=O) groups is 1. The first-order chi connectivity index (χ1) is 17.8. The summed E-state index contributed by atoms with van der Waals surface area (Å²) in [6.45, 7) is 5.44. The molecule has 1 atom stereocenters. The highest BCUT2D eigenvalue weighted by molar-refractivity contribution is 6.08. The summed E-state index contributed by atoms with van der Waals surface area (Å²) in [5, 5.41) is 12.2. The highest BCUT2D eigenvalue weighted by Crippen LogP contribution is 2.38. The molecule has 1 N–H and O–H groups in total. The van der Waals surface area contributed by atoms with E-state index >= 15 is 0 Å². The Morgan fingerprint density at radius 1 is 1.11 bits per heavy atom. The van der Waals surface area contributed by atoms with Gasteiger partial charge < -0.3 is 15.0 Å². The topological polar surface area (TPSA) is 94.3 Å². The van der Waals surface area contributed by atoms with Gasteiger partial charge in [0.1, 0.15) is 11.4 Å². The first kappa shape index (κ1) is 24.6. The summed E-state index contributed by atoms with van der Waals surface area (Å²) >= 11 is 0. The molecule has 1 unspecified atom stereocenters. The lowest BCUT2D eigenvalue weighted by Crippen LogP contribution is -2.27. The quantitative estimate of drug-likeness (QED) is 0.424. The number of ether oxygens (including phenoxy) is 1. The summed E-state index contributed by atoms with van der Waals surface area (Å²) in [5.41, 5.74) is 0.646. The highest BCUT2D eigenvalue weighted by atomic mass is 19.1. The van der Waals surface area contributed by atoms with Gasteiger partial charge in [0.15, 0.2) is 11.6 Å². The van der Waals surface area contributed by atoms with Crippen LogP contribution >= 0.6 is 0 Å². The van der Waals surface area contributed by atoms with Gasteiger partial charge in [-0.15, -0.1) is 0 Å². The molecule has 3 heterocycles. The first-order valence-electron chi connectivity index (χ1n) is 11.9. The average molecular weight is 509 g/mol. The van der Waals surface area contributed by atoms with Crippen LogP contribution in [0.2, 0.25) is 0 Å². The van der Waals surface area contributed by atoms with E-state index in [1.165, 1.54) is 12.1 Å². The van der Waals surface area contributed by atoms with E-state index in [9.17, 15) is 18.4 Å². The monoisotopic (exact) mass is 508 g/mol. The zero-order valence-corrected chi connectivity index (χ0v) is 20.6. The Balaban J connectivity index is 1.55. The average Bonchev–Trinajstić information content (AvgIpc) is 3.52. The molecule has 11 heteroatoms. The standard InChI is InChI=1S/C26H26F2N6O3/c1-15(2)33-22-9-7-20(24(17(22)13-29-33)32-12-11-16(14-32)37-3)30-26(36)21-8-10-23(35)34(31-21)25-18(27)5-4-6-19(25)28/h4-10,13,15-16H,11-12,14H2,1-3H3,(H,30,36). The molecule has 0 spiro atoms. The summed E-state index contributed by atoms with van der Waals surface area (Å²) < 4.78 is 36.7. The molecule has 1 saturated heterocycles. The SMILES string of the molecule is COC1CCN(c2c(NC(=O)c3ccc(=O)n(-c4c(F)cccc4F)n3)ccc3c2cnn3C(C)C)C1. The number of benzene rings is 2. The summed E-state index contributed by atoms with van der Waals surface area (Å²) in [7, 11) is 1.67. The molecule has 2 aromatic heterocycles. The largest absolute Gasteiger partial charge is 0.380 e. The predicted octanol–water partition coefficient (Wildman–Crippen LogP) is 3.92. The number of rotatable bonds is 6. The van der Waals surface area contributed by atoms with Crippen LogP contribution in [0, 0.1) is 11.6 Å². The van der Waals surface area contributed by atoms with Crippen molar-refractivity contribution in [3.63, 3.8) is 0 Å². The van der Waals surface area contributed by atoms with Gasteiger partial charge in [0.25, 0.3) is 11.5 Å². The number of fused-ring (bicyclic) bond motifs is 1. The maximum absolute atomic E-state index is 14.3. The zero-order valence-electron chi connectivity index (χ0n) is 20.6. The Kier molecular flexibility index (Phi) is 6.46. The second-order valence-corrected chi connectivity index (χ2v) is 9.16. The maximum atomic E-state index is 14.3. The summed E-state index contributed by atoms with van der Waals surface area (Å²) in [4.78, 5) is 27.8. The van der Waals surface area contributed by atoms with Gasteiger partial charge in [0.2, 0.25) is 0 Å². The van der Waals surface area contributed by atoms with Crippen molar-refractivity contribution in [3.05, 3.63) is 76.3 Å². The number of nitrogens with one attached hydrogen (secondary N) is 1. The van der Waals surface area contributed by atoms with Crippen molar-refractivity contribution in [2.45, 2.75) is 32.4 Å². The van der Waals surface area contributed by atoms with Crippen molar-refractivity contribution < 1.29 is 18.3 Å². The molecule has 0 bridgehead atoms. The van der Waals surface area contributed by atoms with Crippen molar-refractivity contribution in [3.8, 4) is 5.69 Å². The Hall–Kier alpha value is -4.12. The molecule has 1 amide bonds. The van der Waals surface area contributed by atoms with Crippen LogP contribution in [0.4, 0.5) is 20.2 Å². The number of hydrogen-bond acceptors (Lipinski definition) is 6. The summed E-state index contributed by atoms with van der Waals surface area (Å²) in [6.07, 6.45) is 2.67. The molecule has 4 aromatic rings. The minimum absolute atomic E-state index is 0.0554. The van der Waals surface area contributed by atoms with Crippen molar-refractivity contribution >= 4 is 28.2 Å². The molecule has 192 valence electrons. The normalized spacial score (nSPS) is 15.6. The van der Waals surface area contributed by atoms with Gasteiger partial charge in [-0.05, 0) is 50.6 Å². The minimum Gasteiger partial charge on any atom is -0.380 e. The molecule has 9 nitrogen and oxygen atoms in total. The Morgan fingerprint density at radius 3 is 2.54 bits per heavy atom. The Bertz CT molecular complexity index is 1530. The van der Waals surface area contributed by atoms with Crippen LogP contribution in [-0.2, 0) is 4.74 Å². The van der Waals surface area contributed by atoms with Crippen LogP contribution in [0.3, 0.4) is 0 Å². The van der Waals surface area contributed by atoms with Crippen molar-refractivity contribution in [1.29, 1.82) is 0 Å². The molecule has 0 aliphatic carbocycles. The molecule has 1 aliphatic rings. The molecule has 1 fully saturated rings. The van der Waals surface area contributed by atoms with E-state index in [0.717, 1.165) is 47.8 Å². The summed E-state index contributed by atoms with van der Waals surface area (Å²) in [6, 6.07) is 9.30. The lowest BCUT2D eigenvalue weighted by molar-refractivity contribution is 0.102. The van der Waals surface area contributed by atoms with E-state index < -0.39 is 28.8 Å². The Morgan fingerprint density at radius 2 is 1.86 bits per heavy atom. The van der Waals surface area contributed by atoms with Crippen LogP contribution in [0.15, 0.2) is 53.5 Å². The Labute approximate surface area is 211 Å². The van der Waals surface area contributed by atoms with E-state index in [0.29, 0.717) is 16.9 Å². The number of hydrogen-bond donors (Lipinski definition) is 1. The number of methoxy groups -OCH3 is 1. The molecule has 5 rings (SSSR count). The van der Waals surface area contributed by atoms with E-state index in [2.05, 4.69) is 20.4 Å². The fraction of sp³-hybridized carbons (Fsp3) is 0.308. The van der Waals surface area contributed by atoms with Gasteiger partial charge >= 0.3 is 0 Å². The molecule has 37 heavy (non-hydrogen) atoms. The fourth-order valence-electron chi connectivity index (χ4n) is 4.65. The smallest absolute Gasteiger partial charge is 0.276 e. The number of carbonyl (C=O) groups excluding carboxylic acids is 1. The molecular formula is C26H26F2N6O3. The third-order valence-corrected chi connectivity index (χ3v) is 6.47. The second kappa shape index (κ2) is 9.74. The summed E-state index contributed by atoms with van der Waals surface area (Å²) in [5.74, 6) is -2.57. The van der Waals surface area contributed by atoms with Gasteiger partial charge in [-0.2, -0.15) is 14.9 Å². The van der Waals surface area contributed by atoms with E-state index in [4.69, 9.17) is 4.74 Å². The number of nitrogens with zero attached hydrogens (tertiary/aromatic N) is 5. The molecular weight excluding hydrogens is 482 g/mol. The van der Waals surface area contributed by atoms with Gasteiger partial charge in [-0.25, -0.2) is 8.78 Å². The van der Waals surface area contributed by atoms with E-state index in [1.807, 2.05) is 24.6 Å². The van der Waals surface area contributed by atoms with Crippen LogP contribution < -0.4 is 15.8 Å². The lowest BCUT2D eigenvalue weighted by Gasteiger charge is -2.23.